The summed E-state index contributed by atoms with van der Waals surface area (Å²) in [7, 11) is -4.17. The number of halogens is 3. The van der Waals surface area contributed by atoms with Gasteiger partial charge < -0.3 is 4.57 Å². The second kappa shape index (κ2) is 9.53. The van der Waals surface area contributed by atoms with Gasteiger partial charge in [0.25, 0.3) is 0 Å². The van der Waals surface area contributed by atoms with Crippen molar-refractivity contribution in [3.05, 3.63) is 47.9 Å². The van der Waals surface area contributed by atoms with Crippen LogP contribution in [0, 0.1) is 17.1 Å². The lowest BCUT2D eigenvalue weighted by atomic mass is 9.95. The first-order valence-electron chi connectivity index (χ1n) is 10.7. The maximum absolute atomic E-state index is 14.1. The number of nitrogens with one attached hydrogen (secondary N) is 1. The Morgan fingerprint density at radius 2 is 1.88 bits per heavy atom. The van der Waals surface area contributed by atoms with Gasteiger partial charge in [-0.25, -0.2) is 26.3 Å². The molecule has 33 heavy (non-hydrogen) atoms. The van der Waals surface area contributed by atoms with Crippen molar-refractivity contribution in [2.45, 2.75) is 49.1 Å². The maximum atomic E-state index is 14.1. The Kier molecular flexibility index (Phi) is 6.72. The van der Waals surface area contributed by atoms with Gasteiger partial charge in [-0.3, -0.25) is 4.98 Å². The number of benzene rings is 1. The lowest BCUT2D eigenvalue weighted by molar-refractivity contribution is 0.334. The summed E-state index contributed by atoms with van der Waals surface area (Å²) in [6, 6.07) is 7.82. The van der Waals surface area contributed by atoms with Gasteiger partial charge in [-0.15, -0.1) is 0 Å². The van der Waals surface area contributed by atoms with Gasteiger partial charge in [0, 0.05) is 17.6 Å². The van der Waals surface area contributed by atoms with Gasteiger partial charge in [0.05, 0.1) is 28.5 Å². The Bertz CT molecular complexity index is 1290. The number of alkyl halides is 2. The highest BCUT2D eigenvalue weighted by Crippen LogP contribution is 2.40. The third-order valence-electron chi connectivity index (χ3n) is 6.00. The zero-order chi connectivity index (χ0) is 23.6. The molecule has 1 N–H and O–H groups in total. The molecule has 4 rings (SSSR count). The number of nitrogens with zero attached hydrogens (tertiary/aromatic N) is 3. The average Bonchev–Trinajstić information content (AvgIpc) is 3.16. The van der Waals surface area contributed by atoms with Crippen molar-refractivity contribution >= 4 is 20.9 Å². The van der Waals surface area contributed by atoms with Gasteiger partial charge >= 0.3 is 0 Å². The Morgan fingerprint density at radius 3 is 2.48 bits per heavy atom. The van der Waals surface area contributed by atoms with Crippen molar-refractivity contribution in [2.75, 3.05) is 13.3 Å². The number of nitriles is 1. The molecule has 0 unspecified atom stereocenters. The van der Waals surface area contributed by atoms with E-state index in [1.165, 1.54) is 24.3 Å². The van der Waals surface area contributed by atoms with Gasteiger partial charge in [0.15, 0.2) is 0 Å². The third-order valence-corrected chi connectivity index (χ3v) is 7.51. The fourth-order valence-electron chi connectivity index (χ4n) is 4.44. The predicted molar refractivity (Wildman–Crippen MR) is 118 cm³/mol. The molecular formula is C23H23F3N4O2S. The van der Waals surface area contributed by atoms with Crippen molar-refractivity contribution in [2.24, 2.45) is 0 Å². The lowest BCUT2D eigenvalue weighted by Crippen LogP contribution is -2.37. The molecule has 0 aliphatic heterocycles. The molecule has 2 aromatic heterocycles. The maximum Gasteiger partial charge on any atom is 0.242 e. The number of aromatic nitrogens is 2. The molecule has 0 atom stereocenters. The summed E-state index contributed by atoms with van der Waals surface area (Å²) >= 11 is 0. The Morgan fingerprint density at radius 1 is 1.15 bits per heavy atom. The van der Waals surface area contributed by atoms with Crippen LogP contribution >= 0.6 is 0 Å². The van der Waals surface area contributed by atoms with Crippen LogP contribution in [0.25, 0.3) is 22.3 Å². The molecule has 6 nitrogen and oxygen atoms in total. The van der Waals surface area contributed by atoms with Gasteiger partial charge in [-0.1, -0.05) is 19.3 Å². The summed E-state index contributed by atoms with van der Waals surface area (Å²) in [5.41, 5.74) is 1.81. The summed E-state index contributed by atoms with van der Waals surface area (Å²) in [6.45, 7) is -2.35. The quantitative estimate of drug-likeness (QED) is 0.530. The molecule has 1 aliphatic carbocycles. The van der Waals surface area contributed by atoms with Crippen molar-refractivity contribution in [1.29, 1.82) is 5.26 Å². The molecule has 0 bridgehead atoms. The molecule has 10 heteroatoms. The van der Waals surface area contributed by atoms with E-state index in [-0.39, 0.29) is 10.9 Å². The van der Waals surface area contributed by atoms with Crippen LogP contribution in [0.4, 0.5) is 13.2 Å². The van der Waals surface area contributed by atoms with E-state index in [1.807, 2.05) is 9.29 Å². The SMILES string of the molecule is N#Cc1c(-c2ccc(S(=O)(=O)NC(CF)CF)cn2)n(C2CCCCC2)c2cc(F)ccc12. The van der Waals surface area contributed by atoms with Crippen LogP contribution in [0.15, 0.2) is 41.4 Å². The molecule has 2 heterocycles. The standard InChI is InChI=1S/C23H23F3N4O2S/c24-11-16(12-25)29-33(31,32)18-7-9-21(28-14-18)23-20(13-27)19-8-6-15(26)10-22(19)30(23)17-4-2-1-3-5-17/h6-10,14,16-17,29H,1-5,11-12H2. The van der Waals surface area contributed by atoms with E-state index in [0.717, 1.165) is 38.3 Å². The molecular weight excluding hydrogens is 453 g/mol. The van der Waals surface area contributed by atoms with Crippen LogP contribution in [0.2, 0.25) is 0 Å². The minimum atomic E-state index is -4.17. The van der Waals surface area contributed by atoms with Gasteiger partial charge in [0.1, 0.15) is 30.1 Å². The molecule has 174 valence electrons. The fourth-order valence-corrected chi connectivity index (χ4v) is 5.58. The van der Waals surface area contributed by atoms with Crippen LogP contribution in [0.1, 0.15) is 43.7 Å². The van der Waals surface area contributed by atoms with Crippen LogP contribution in [-0.4, -0.2) is 37.4 Å². The Hall–Kier alpha value is -2.90. The number of pyridine rings is 1. The van der Waals surface area contributed by atoms with Crippen molar-refractivity contribution in [3.63, 3.8) is 0 Å². The van der Waals surface area contributed by atoms with Gasteiger partial charge in [0.2, 0.25) is 10.0 Å². The summed E-state index contributed by atoms with van der Waals surface area (Å²) in [5, 5.41) is 10.5. The second-order valence-electron chi connectivity index (χ2n) is 8.16. The fraction of sp³-hybridized carbons (Fsp3) is 0.391. The normalized spacial score (nSPS) is 15.2. The topological polar surface area (TPSA) is 87.8 Å². The van der Waals surface area contributed by atoms with Crippen molar-refractivity contribution in [3.8, 4) is 17.5 Å². The van der Waals surface area contributed by atoms with E-state index in [1.54, 1.807) is 6.07 Å². The van der Waals surface area contributed by atoms with E-state index >= 15 is 0 Å². The number of fused-ring (bicyclic) bond motifs is 1. The van der Waals surface area contributed by atoms with Gasteiger partial charge in [-0.05, 0) is 43.2 Å². The molecule has 0 amide bonds. The first-order valence-corrected chi connectivity index (χ1v) is 12.2. The Labute approximate surface area is 190 Å². The van der Waals surface area contributed by atoms with E-state index in [0.29, 0.717) is 27.9 Å². The molecule has 1 saturated carbocycles. The average molecular weight is 477 g/mol. The van der Waals surface area contributed by atoms with Crippen LogP contribution < -0.4 is 4.72 Å². The predicted octanol–water partition coefficient (Wildman–Crippen LogP) is 4.81. The highest BCUT2D eigenvalue weighted by Gasteiger charge is 2.27. The number of hydrogen-bond acceptors (Lipinski definition) is 4. The summed E-state index contributed by atoms with van der Waals surface area (Å²) in [5.74, 6) is -0.413. The molecule has 0 saturated heterocycles. The van der Waals surface area contributed by atoms with E-state index < -0.39 is 35.2 Å². The minimum absolute atomic E-state index is 0.0573. The lowest BCUT2D eigenvalue weighted by Gasteiger charge is -2.26. The molecule has 0 spiro atoms. The monoisotopic (exact) mass is 476 g/mol. The first kappa shape index (κ1) is 23.3. The molecule has 1 fully saturated rings. The highest BCUT2D eigenvalue weighted by molar-refractivity contribution is 7.89. The van der Waals surface area contributed by atoms with Crippen molar-refractivity contribution in [1.82, 2.24) is 14.3 Å². The van der Waals surface area contributed by atoms with Crippen LogP contribution in [0.5, 0.6) is 0 Å². The van der Waals surface area contributed by atoms with E-state index in [4.69, 9.17) is 0 Å². The third kappa shape index (κ3) is 4.48. The summed E-state index contributed by atoms with van der Waals surface area (Å²) in [4.78, 5) is 4.04. The first-order chi connectivity index (χ1) is 15.9. The zero-order valence-corrected chi connectivity index (χ0v) is 18.6. The van der Waals surface area contributed by atoms with E-state index in [2.05, 4.69) is 11.1 Å². The van der Waals surface area contributed by atoms with Gasteiger partial charge in [-0.2, -0.15) is 5.26 Å². The zero-order valence-electron chi connectivity index (χ0n) is 17.8. The smallest absolute Gasteiger partial charge is 0.242 e. The molecule has 0 radical (unpaired) electrons. The minimum Gasteiger partial charge on any atom is -0.335 e. The number of rotatable bonds is 7. The van der Waals surface area contributed by atoms with Crippen molar-refractivity contribution < 1.29 is 21.6 Å². The second-order valence-corrected chi connectivity index (χ2v) is 9.88. The number of sulfonamides is 1. The van der Waals surface area contributed by atoms with Crippen LogP contribution in [-0.2, 0) is 10.0 Å². The van der Waals surface area contributed by atoms with Crippen LogP contribution in [0.3, 0.4) is 0 Å². The summed E-state index contributed by atoms with van der Waals surface area (Å²) in [6.07, 6.45) is 5.99. The largest absolute Gasteiger partial charge is 0.335 e. The molecule has 3 aromatic rings. The molecule has 1 aromatic carbocycles. The molecule has 1 aliphatic rings. The number of hydrogen-bond donors (Lipinski definition) is 1. The summed E-state index contributed by atoms with van der Waals surface area (Å²) < 4.78 is 68.5. The Balaban J connectivity index is 1.83. The van der Waals surface area contributed by atoms with E-state index in [9.17, 15) is 26.9 Å². The highest BCUT2D eigenvalue weighted by atomic mass is 32.2.